The highest BCUT2D eigenvalue weighted by Gasteiger charge is 2.45. The second kappa shape index (κ2) is 5.92. The molecule has 1 aliphatic rings. The van der Waals surface area contributed by atoms with Gasteiger partial charge in [-0.25, -0.2) is 9.18 Å². The second-order valence-corrected chi connectivity index (χ2v) is 7.71. The summed E-state index contributed by atoms with van der Waals surface area (Å²) in [6.07, 6.45) is 0.506. The van der Waals surface area contributed by atoms with Gasteiger partial charge in [-0.3, -0.25) is 4.79 Å². The van der Waals surface area contributed by atoms with E-state index in [2.05, 4.69) is 5.32 Å². The van der Waals surface area contributed by atoms with E-state index in [0.717, 1.165) is 15.8 Å². The van der Waals surface area contributed by atoms with Gasteiger partial charge >= 0.3 is 5.97 Å². The number of rotatable bonds is 3. The molecule has 0 fully saturated rings. The monoisotopic (exact) mass is 369 g/mol. The number of aliphatic carboxylic acids is 1. The van der Waals surface area contributed by atoms with Crippen LogP contribution in [0.4, 0.5) is 4.39 Å². The fourth-order valence-electron chi connectivity index (χ4n) is 3.59. The van der Waals surface area contributed by atoms with Gasteiger partial charge in [-0.15, -0.1) is 11.3 Å². The van der Waals surface area contributed by atoms with Gasteiger partial charge in [0.05, 0.1) is 4.88 Å². The molecule has 0 aliphatic heterocycles. The highest BCUT2D eigenvalue weighted by atomic mass is 32.1. The van der Waals surface area contributed by atoms with E-state index in [1.807, 2.05) is 24.3 Å². The first-order valence-corrected chi connectivity index (χ1v) is 9.03. The Morgan fingerprint density at radius 2 is 1.81 bits per heavy atom. The summed E-state index contributed by atoms with van der Waals surface area (Å²) < 4.78 is 14.3. The Morgan fingerprint density at radius 1 is 1.15 bits per heavy atom. The molecule has 26 heavy (non-hydrogen) atoms. The standard InChI is InChI=1S/C20H16FNO3S/c1-11-15-8-14(21)6-7-16(15)26-17(11)18(23)22-20(19(24)25)9-12-4-2-3-5-13(12)10-20/h2-8H,9-10H2,1H3,(H,22,23)(H,24,25). The summed E-state index contributed by atoms with van der Waals surface area (Å²) in [5, 5.41) is 13.2. The van der Waals surface area contributed by atoms with E-state index in [0.29, 0.717) is 15.8 Å². The van der Waals surface area contributed by atoms with Crippen molar-refractivity contribution in [3.63, 3.8) is 0 Å². The molecule has 4 rings (SSSR count). The molecule has 1 aliphatic carbocycles. The predicted molar refractivity (Wildman–Crippen MR) is 98.2 cm³/mol. The van der Waals surface area contributed by atoms with Crippen LogP contribution < -0.4 is 5.32 Å². The third-order valence-corrected chi connectivity index (χ3v) is 6.24. The van der Waals surface area contributed by atoms with Gasteiger partial charge in [0.2, 0.25) is 0 Å². The summed E-state index contributed by atoms with van der Waals surface area (Å²) in [4.78, 5) is 25.3. The molecule has 132 valence electrons. The van der Waals surface area contributed by atoms with Crippen LogP contribution in [-0.4, -0.2) is 22.5 Å². The van der Waals surface area contributed by atoms with Crippen molar-refractivity contribution >= 4 is 33.3 Å². The van der Waals surface area contributed by atoms with Gasteiger partial charge in [-0.05, 0) is 47.2 Å². The van der Waals surface area contributed by atoms with Gasteiger partial charge in [0.1, 0.15) is 11.4 Å². The molecule has 1 aromatic heterocycles. The molecule has 0 saturated heterocycles. The summed E-state index contributed by atoms with van der Waals surface area (Å²) in [6, 6.07) is 11.9. The zero-order chi connectivity index (χ0) is 18.5. The minimum absolute atomic E-state index is 0.253. The Bertz CT molecular complexity index is 1030. The number of fused-ring (bicyclic) bond motifs is 2. The lowest BCUT2D eigenvalue weighted by atomic mass is 9.95. The molecule has 1 amide bonds. The molecule has 0 unspecified atom stereocenters. The molecule has 1 heterocycles. The Balaban J connectivity index is 1.69. The molecular weight excluding hydrogens is 353 g/mol. The number of carboxylic acid groups (broad SMARTS) is 1. The third kappa shape index (κ3) is 2.57. The van der Waals surface area contributed by atoms with Gasteiger partial charge in [-0.2, -0.15) is 0 Å². The summed E-state index contributed by atoms with van der Waals surface area (Å²) in [5.74, 6) is -1.84. The van der Waals surface area contributed by atoms with Crippen molar-refractivity contribution in [2.24, 2.45) is 0 Å². The summed E-state index contributed by atoms with van der Waals surface area (Å²) in [6.45, 7) is 1.75. The second-order valence-electron chi connectivity index (χ2n) is 6.66. The number of thiophene rings is 1. The maximum atomic E-state index is 13.5. The van der Waals surface area contributed by atoms with Crippen molar-refractivity contribution in [1.82, 2.24) is 5.32 Å². The first-order chi connectivity index (χ1) is 12.4. The number of halogens is 1. The Labute approximate surface area is 153 Å². The van der Waals surface area contributed by atoms with E-state index in [1.165, 1.54) is 23.5 Å². The average Bonchev–Trinajstić information content (AvgIpc) is 3.14. The van der Waals surface area contributed by atoms with E-state index >= 15 is 0 Å². The van der Waals surface area contributed by atoms with Crippen molar-refractivity contribution in [1.29, 1.82) is 0 Å². The topological polar surface area (TPSA) is 66.4 Å². The van der Waals surface area contributed by atoms with E-state index in [-0.39, 0.29) is 18.7 Å². The van der Waals surface area contributed by atoms with Crippen LogP contribution in [0.5, 0.6) is 0 Å². The van der Waals surface area contributed by atoms with Crippen LogP contribution in [0.2, 0.25) is 0 Å². The normalized spacial score (nSPS) is 15.0. The number of benzene rings is 2. The minimum Gasteiger partial charge on any atom is -0.479 e. The summed E-state index contributed by atoms with van der Waals surface area (Å²) in [5.41, 5.74) is 1.18. The van der Waals surface area contributed by atoms with Crippen LogP contribution in [0.25, 0.3) is 10.1 Å². The van der Waals surface area contributed by atoms with Gasteiger partial charge in [0.15, 0.2) is 0 Å². The van der Waals surface area contributed by atoms with Gasteiger partial charge in [-0.1, -0.05) is 24.3 Å². The highest BCUT2D eigenvalue weighted by molar-refractivity contribution is 7.21. The van der Waals surface area contributed by atoms with E-state index < -0.39 is 17.4 Å². The minimum atomic E-state index is -1.35. The molecular formula is C20H16FNO3S. The maximum Gasteiger partial charge on any atom is 0.330 e. The van der Waals surface area contributed by atoms with E-state index in [9.17, 15) is 19.1 Å². The Hall–Kier alpha value is -2.73. The van der Waals surface area contributed by atoms with Crippen molar-refractivity contribution in [3.8, 4) is 0 Å². The fourth-order valence-corrected chi connectivity index (χ4v) is 4.68. The predicted octanol–water partition coefficient (Wildman–Crippen LogP) is 3.70. The fraction of sp³-hybridized carbons (Fsp3) is 0.200. The lowest BCUT2D eigenvalue weighted by molar-refractivity contribution is -0.144. The van der Waals surface area contributed by atoms with Crippen LogP contribution in [0, 0.1) is 12.7 Å². The number of amides is 1. The quantitative estimate of drug-likeness (QED) is 0.740. The zero-order valence-electron chi connectivity index (χ0n) is 14.0. The molecule has 6 heteroatoms. The van der Waals surface area contributed by atoms with E-state index in [1.54, 1.807) is 13.0 Å². The third-order valence-electron chi connectivity index (χ3n) is 4.97. The lowest BCUT2D eigenvalue weighted by Crippen LogP contribution is -2.55. The number of aryl methyl sites for hydroxylation is 1. The lowest BCUT2D eigenvalue weighted by Gasteiger charge is -2.25. The largest absolute Gasteiger partial charge is 0.479 e. The Morgan fingerprint density at radius 3 is 2.42 bits per heavy atom. The van der Waals surface area contributed by atoms with Crippen LogP contribution in [0.3, 0.4) is 0 Å². The van der Waals surface area contributed by atoms with Crippen molar-refractivity contribution in [2.45, 2.75) is 25.3 Å². The molecule has 3 aromatic rings. The molecule has 0 atom stereocenters. The highest BCUT2D eigenvalue weighted by Crippen LogP contribution is 2.34. The summed E-state index contributed by atoms with van der Waals surface area (Å²) in [7, 11) is 0. The van der Waals surface area contributed by atoms with Crippen molar-refractivity contribution < 1.29 is 19.1 Å². The van der Waals surface area contributed by atoms with E-state index in [4.69, 9.17) is 0 Å². The van der Waals surface area contributed by atoms with Crippen molar-refractivity contribution in [2.75, 3.05) is 0 Å². The zero-order valence-corrected chi connectivity index (χ0v) is 14.8. The number of nitrogens with one attached hydrogen (secondary N) is 1. The van der Waals surface area contributed by atoms with Crippen LogP contribution in [-0.2, 0) is 17.6 Å². The molecule has 4 nitrogen and oxygen atoms in total. The van der Waals surface area contributed by atoms with Crippen LogP contribution in [0.1, 0.15) is 26.4 Å². The Kier molecular flexibility index (Phi) is 3.80. The van der Waals surface area contributed by atoms with Crippen LogP contribution >= 0.6 is 11.3 Å². The first kappa shape index (κ1) is 16.7. The average molecular weight is 369 g/mol. The molecule has 0 saturated carbocycles. The van der Waals surface area contributed by atoms with Crippen LogP contribution in [0.15, 0.2) is 42.5 Å². The molecule has 0 radical (unpaired) electrons. The molecule has 2 N–H and O–H groups in total. The molecule has 0 bridgehead atoms. The molecule has 0 spiro atoms. The van der Waals surface area contributed by atoms with Gasteiger partial charge in [0, 0.05) is 17.5 Å². The van der Waals surface area contributed by atoms with Crippen molar-refractivity contribution in [3.05, 3.63) is 69.8 Å². The number of hydrogen-bond acceptors (Lipinski definition) is 3. The smallest absolute Gasteiger partial charge is 0.330 e. The van der Waals surface area contributed by atoms with Gasteiger partial charge in [0.25, 0.3) is 5.91 Å². The number of carbonyl (C=O) groups is 2. The molecule has 2 aromatic carbocycles. The maximum absolute atomic E-state index is 13.5. The summed E-state index contributed by atoms with van der Waals surface area (Å²) >= 11 is 1.25. The number of carboxylic acids is 1. The number of hydrogen-bond donors (Lipinski definition) is 2. The SMILES string of the molecule is Cc1c(C(=O)NC2(C(=O)O)Cc3ccccc3C2)sc2ccc(F)cc12. The van der Waals surface area contributed by atoms with Gasteiger partial charge < -0.3 is 10.4 Å². The first-order valence-electron chi connectivity index (χ1n) is 8.21. The number of carbonyl (C=O) groups excluding carboxylic acids is 1.